The zero-order chi connectivity index (χ0) is 27.4. The van der Waals surface area contributed by atoms with E-state index in [-0.39, 0.29) is 31.1 Å². The number of hydrogen-bond acceptors (Lipinski definition) is 7. The predicted octanol–water partition coefficient (Wildman–Crippen LogP) is -0.224. The molecule has 0 radical (unpaired) electrons. The number of aromatic nitrogens is 2. The SMILES string of the molecule is CCC(C)C(NC(=O)C(N)Cc1cnc[nH]1)C(=O)NC(CCC(=O)O)C(=O)NC(CC(C)C)C(=O)O. The van der Waals surface area contributed by atoms with E-state index in [0.29, 0.717) is 12.1 Å². The lowest BCUT2D eigenvalue weighted by Crippen LogP contribution is -2.58. The first-order valence-corrected chi connectivity index (χ1v) is 11.9. The molecule has 5 unspecified atom stereocenters. The molecule has 1 rings (SSSR count). The minimum Gasteiger partial charge on any atom is -0.481 e. The number of hydrogen-bond donors (Lipinski definition) is 7. The first kappa shape index (κ1) is 30.6. The lowest BCUT2D eigenvalue weighted by Gasteiger charge is -2.28. The molecule has 0 spiro atoms. The van der Waals surface area contributed by atoms with Gasteiger partial charge in [-0.1, -0.05) is 34.1 Å². The highest BCUT2D eigenvalue weighted by molar-refractivity contribution is 5.94. The number of carbonyl (C=O) groups is 5. The molecule has 0 saturated heterocycles. The Morgan fingerprint density at radius 2 is 1.64 bits per heavy atom. The molecule has 1 aromatic heterocycles. The number of H-pyrrole nitrogens is 1. The Balaban J connectivity index is 3.00. The molecule has 36 heavy (non-hydrogen) atoms. The van der Waals surface area contributed by atoms with Gasteiger partial charge in [0.1, 0.15) is 18.1 Å². The van der Waals surface area contributed by atoms with Crippen LogP contribution < -0.4 is 21.7 Å². The standard InChI is InChI=1S/C23H38N6O7/c1-5-13(4)19(29-20(32)15(24)9-14-10-25-11-26-14)22(34)27-16(6-7-18(30)31)21(33)28-17(23(35)36)8-12(2)3/h10-13,15-17,19H,5-9,24H2,1-4H3,(H,25,26)(H,27,34)(H,28,33)(H,29,32)(H,30,31)(H,35,36). The lowest BCUT2D eigenvalue weighted by molar-refractivity contribution is -0.143. The fraction of sp³-hybridized carbons (Fsp3) is 0.652. The summed E-state index contributed by atoms with van der Waals surface area (Å²) in [6.07, 6.45) is 3.11. The van der Waals surface area contributed by atoms with Gasteiger partial charge < -0.3 is 36.9 Å². The van der Waals surface area contributed by atoms with Crippen LogP contribution in [0.1, 0.15) is 59.1 Å². The monoisotopic (exact) mass is 510 g/mol. The van der Waals surface area contributed by atoms with Crippen molar-refractivity contribution in [1.82, 2.24) is 25.9 Å². The van der Waals surface area contributed by atoms with Gasteiger partial charge in [-0.05, 0) is 24.7 Å². The number of rotatable bonds is 16. The van der Waals surface area contributed by atoms with Crippen molar-refractivity contribution in [2.24, 2.45) is 17.6 Å². The lowest BCUT2D eigenvalue weighted by atomic mass is 9.96. The summed E-state index contributed by atoms with van der Waals surface area (Å²) in [5, 5.41) is 26.0. The molecule has 0 aliphatic rings. The molecule has 0 aliphatic heterocycles. The summed E-state index contributed by atoms with van der Waals surface area (Å²) >= 11 is 0. The fourth-order valence-electron chi connectivity index (χ4n) is 3.45. The average Bonchev–Trinajstić information content (AvgIpc) is 3.31. The molecular weight excluding hydrogens is 472 g/mol. The average molecular weight is 511 g/mol. The van der Waals surface area contributed by atoms with E-state index >= 15 is 0 Å². The maximum absolute atomic E-state index is 13.1. The second kappa shape index (κ2) is 14.8. The van der Waals surface area contributed by atoms with Crippen molar-refractivity contribution in [2.45, 2.75) is 84.0 Å². The number of amides is 3. The number of aromatic amines is 1. The van der Waals surface area contributed by atoms with Gasteiger partial charge in [0.15, 0.2) is 0 Å². The molecule has 0 saturated carbocycles. The Hall–Kier alpha value is -3.48. The van der Waals surface area contributed by atoms with E-state index in [1.165, 1.54) is 12.5 Å². The second-order valence-electron chi connectivity index (χ2n) is 9.28. The van der Waals surface area contributed by atoms with Crippen molar-refractivity contribution in [3.05, 3.63) is 18.2 Å². The van der Waals surface area contributed by atoms with Crippen LogP contribution in [0.5, 0.6) is 0 Å². The molecule has 8 N–H and O–H groups in total. The van der Waals surface area contributed by atoms with E-state index in [1.807, 2.05) is 6.92 Å². The molecule has 13 heteroatoms. The number of aliphatic carboxylic acids is 2. The first-order chi connectivity index (χ1) is 16.8. The van der Waals surface area contributed by atoms with Crippen molar-refractivity contribution >= 4 is 29.7 Å². The van der Waals surface area contributed by atoms with E-state index in [4.69, 9.17) is 10.8 Å². The maximum Gasteiger partial charge on any atom is 0.326 e. The third kappa shape index (κ3) is 10.4. The third-order valence-electron chi connectivity index (χ3n) is 5.73. The van der Waals surface area contributed by atoms with Crippen LogP contribution in [0, 0.1) is 11.8 Å². The third-order valence-corrected chi connectivity index (χ3v) is 5.73. The largest absolute Gasteiger partial charge is 0.481 e. The number of carboxylic acid groups (broad SMARTS) is 2. The van der Waals surface area contributed by atoms with Crippen molar-refractivity contribution in [2.75, 3.05) is 0 Å². The summed E-state index contributed by atoms with van der Waals surface area (Å²) in [6.45, 7) is 7.14. The number of imidazole rings is 1. The highest BCUT2D eigenvalue weighted by Crippen LogP contribution is 2.11. The number of carbonyl (C=O) groups excluding carboxylic acids is 3. The summed E-state index contributed by atoms with van der Waals surface area (Å²) in [4.78, 5) is 68.1. The summed E-state index contributed by atoms with van der Waals surface area (Å²) in [7, 11) is 0. The van der Waals surface area contributed by atoms with Crippen LogP contribution in [0.15, 0.2) is 12.5 Å². The van der Waals surface area contributed by atoms with Gasteiger partial charge in [0.05, 0.1) is 12.4 Å². The van der Waals surface area contributed by atoms with Crippen LogP contribution in [-0.4, -0.2) is 74.0 Å². The van der Waals surface area contributed by atoms with Crippen LogP contribution in [0.3, 0.4) is 0 Å². The molecule has 0 bridgehead atoms. The molecule has 1 aromatic rings. The summed E-state index contributed by atoms with van der Waals surface area (Å²) in [5.74, 6) is -4.90. The summed E-state index contributed by atoms with van der Waals surface area (Å²) in [5.41, 5.74) is 6.62. The topological polar surface area (TPSA) is 217 Å². The molecule has 13 nitrogen and oxygen atoms in total. The number of carboxylic acids is 2. The number of nitrogens with one attached hydrogen (secondary N) is 4. The van der Waals surface area contributed by atoms with E-state index in [1.54, 1.807) is 20.8 Å². The van der Waals surface area contributed by atoms with Gasteiger partial charge in [0, 0.05) is 24.7 Å². The van der Waals surface area contributed by atoms with E-state index in [9.17, 15) is 29.1 Å². The Kier molecular flexibility index (Phi) is 12.6. The van der Waals surface area contributed by atoms with Gasteiger partial charge in [-0.3, -0.25) is 19.2 Å². The Labute approximate surface area is 210 Å². The Morgan fingerprint density at radius 3 is 2.14 bits per heavy atom. The molecule has 0 aliphatic carbocycles. The highest BCUT2D eigenvalue weighted by Gasteiger charge is 2.33. The van der Waals surface area contributed by atoms with Crippen LogP contribution in [0.2, 0.25) is 0 Å². The van der Waals surface area contributed by atoms with Gasteiger partial charge in [0.2, 0.25) is 17.7 Å². The normalized spacial score (nSPS) is 15.3. The van der Waals surface area contributed by atoms with Crippen LogP contribution in [0.4, 0.5) is 0 Å². The molecule has 202 valence electrons. The number of nitrogens with zero attached hydrogens (tertiary/aromatic N) is 1. The zero-order valence-electron chi connectivity index (χ0n) is 21.1. The van der Waals surface area contributed by atoms with Crippen LogP contribution in [-0.2, 0) is 30.4 Å². The molecular formula is C23H38N6O7. The summed E-state index contributed by atoms with van der Waals surface area (Å²) in [6, 6.07) is -4.54. The highest BCUT2D eigenvalue weighted by atomic mass is 16.4. The molecule has 5 atom stereocenters. The van der Waals surface area contributed by atoms with Crippen molar-refractivity contribution in [3.8, 4) is 0 Å². The smallest absolute Gasteiger partial charge is 0.326 e. The minimum absolute atomic E-state index is 0.0329. The van der Waals surface area contributed by atoms with Crippen LogP contribution in [0.25, 0.3) is 0 Å². The molecule has 1 heterocycles. The molecule has 0 aromatic carbocycles. The quantitative estimate of drug-likeness (QED) is 0.156. The van der Waals surface area contributed by atoms with Gasteiger partial charge in [0.25, 0.3) is 0 Å². The van der Waals surface area contributed by atoms with Gasteiger partial charge in [-0.2, -0.15) is 0 Å². The minimum atomic E-state index is -1.32. The van der Waals surface area contributed by atoms with Crippen molar-refractivity contribution in [3.63, 3.8) is 0 Å². The second-order valence-corrected chi connectivity index (χ2v) is 9.28. The fourth-order valence-corrected chi connectivity index (χ4v) is 3.45. The van der Waals surface area contributed by atoms with E-state index in [2.05, 4.69) is 25.9 Å². The molecule has 3 amide bonds. The van der Waals surface area contributed by atoms with Gasteiger partial charge in [-0.25, -0.2) is 9.78 Å². The maximum atomic E-state index is 13.1. The Morgan fingerprint density at radius 1 is 1.00 bits per heavy atom. The Bertz CT molecular complexity index is 890. The van der Waals surface area contributed by atoms with E-state index < -0.39 is 60.2 Å². The van der Waals surface area contributed by atoms with Gasteiger partial charge in [-0.15, -0.1) is 0 Å². The molecule has 0 fully saturated rings. The van der Waals surface area contributed by atoms with Crippen molar-refractivity contribution < 1.29 is 34.2 Å². The first-order valence-electron chi connectivity index (χ1n) is 11.9. The zero-order valence-corrected chi connectivity index (χ0v) is 21.1. The predicted molar refractivity (Wildman–Crippen MR) is 129 cm³/mol. The van der Waals surface area contributed by atoms with E-state index in [0.717, 1.165) is 0 Å². The van der Waals surface area contributed by atoms with Crippen LogP contribution >= 0.6 is 0 Å². The van der Waals surface area contributed by atoms with Gasteiger partial charge >= 0.3 is 11.9 Å². The number of nitrogens with two attached hydrogens (primary N) is 1. The summed E-state index contributed by atoms with van der Waals surface area (Å²) < 4.78 is 0. The van der Waals surface area contributed by atoms with Crippen molar-refractivity contribution in [1.29, 1.82) is 0 Å².